The van der Waals surface area contributed by atoms with Gasteiger partial charge in [-0.3, -0.25) is 4.79 Å². The normalized spacial score (nSPS) is 10.6. The summed E-state index contributed by atoms with van der Waals surface area (Å²) in [6, 6.07) is 14.8. The van der Waals surface area contributed by atoms with Crippen molar-refractivity contribution in [3.8, 4) is 22.6 Å². The molecule has 7 heteroatoms. The average molecular weight is 423 g/mol. The van der Waals surface area contributed by atoms with Gasteiger partial charge in [0.15, 0.2) is 11.5 Å². The lowest BCUT2D eigenvalue weighted by molar-refractivity contribution is -0.111. The second-order valence-corrected chi connectivity index (χ2v) is 7.03. The molecule has 0 radical (unpaired) electrons. The van der Waals surface area contributed by atoms with Gasteiger partial charge in [-0.2, -0.15) is 0 Å². The van der Waals surface area contributed by atoms with Crippen LogP contribution < -0.4 is 14.8 Å². The van der Waals surface area contributed by atoms with Crippen LogP contribution in [-0.4, -0.2) is 33.2 Å². The summed E-state index contributed by atoms with van der Waals surface area (Å²) < 4.78 is 15.4. The van der Waals surface area contributed by atoms with Gasteiger partial charge < -0.3 is 19.5 Å². The molecule has 6 nitrogen and oxygen atoms in total. The maximum absolute atomic E-state index is 12.5. The van der Waals surface area contributed by atoms with E-state index in [9.17, 15) is 9.59 Å². The van der Waals surface area contributed by atoms with E-state index in [-0.39, 0.29) is 5.91 Å². The molecule has 0 fully saturated rings. The number of hydrogen-bond acceptors (Lipinski definition) is 6. The number of amides is 1. The van der Waals surface area contributed by atoms with Gasteiger partial charge in [0.05, 0.1) is 21.3 Å². The number of nitrogens with one attached hydrogen (secondary N) is 1. The van der Waals surface area contributed by atoms with Crippen molar-refractivity contribution in [1.82, 2.24) is 0 Å². The van der Waals surface area contributed by atoms with Crippen molar-refractivity contribution in [2.45, 2.75) is 0 Å². The zero-order valence-electron chi connectivity index (χ0n) is 16.8. The number of thiophene rings is 1. The second kappa shape index (κ2) is 9.76. The third-order valence-electron chi connectivity index (χ3n) is 4.34. The predicted molar refractivity (Wildman–Crippen MR) is 118 cm³/mol. The molecule has 0 atom stereocenters. The summed E-state index contributed by atoms with van der Waals surface area (Å²) in [5.74, 6) is 0.304. The van der Waals surface area contributed by atoms with Crippen molar-refractivity contribution in [2.24, 2.45) is 0 Å². The van der Waals surface area contributed by atoms with Crippen LogP contribution in [0.5, 0.6) is 11.5 Å². The molecule has 0 aliphatic rings. The quantitative estimate of drug-likeness (QED) is 0.433. The Labute approximate surface area is 178 Å². The van der Waals surface area contributed by atoms with Crippen LogP contribution >= 0.6 is 11.3 Å². The molecule has 0 unspecified atom stereocenters. The summed E-state index contributed by atoms with van der Waals surface area (Å²) in [6.45, 7) is 0. The van der Waals surface area contributed by atoms with E-state index < -0.39 is 5.97 Å². The Morgan fingerprint density at radius 1 is 0.967 bits per heavy atom. The first kappa shape index (κ1) is 21.1. The number of carbonyl (C=O) groups is 2. The fourth-order valence-electron chi connectivity index (χ4n) is 2.87. The van der Waals surface area contributed by atoms with E-state index in [0.717, 1.165) is 11.1 Å². The molecular formula is C23H21NO5S. The van der Waals surface area contributed by atoms with Crippen molar-refractivity contribution < 1.29 is 23.8 Å². The van der Waals surface area contributed by atoms with E-state index in [1.54, 1.807) is 32.4 Å². The molecule has 3 aromatic rings. The molecule has 1 amide bonds. The molecule has 0 spiro atoms. The molecule has 0 bridgehead atoms. The van der Waals surface area contributed by atoms with Gasteiger partial charge in [-0.25, -0.2) is 4.79 Å². The first-order valence-electron chi connectivity index (χ1n) is 9.03. The van der Waals surface area contributed by atoms with Gasteiger partial charge in [-0.1, -0.05) is 36.4 Å². The summed E-state index contributed by atoms with van der Waals surface area (Å²) in [4.78, 5) is 24.8. The number of carbonyl (C=O) groups excluding carboxylic acids is 2. The zero-order valence-corrected chi connectivity index (χ0v) is 17.6. The van der Waals surface area contributed by atoms with Crippen LogP contribution in [-0.2, 0) is 9.53 Å². The lowest BCUT2D eigenvalue weighted by Gasteiger charge is -2.08. The first-order valence-corrected chi connectivity index (χ1v) is 9.91. The average Bonchev–Trinajstić information content (AvgIpc) is 3.20. The minimum absolute atomic E-state index is 0.335. The largest absolute Gasteiger partial charge is 0.493 e. The Morgan fingerprint density at radius 3 is 2.37 bits per heavy atom. The molecule has 2 aromatic carbocycles. The maximum Gasteiger partial charge on any atom is 0.341 e. The van der Waals surface area contributed by atoms with E-state index >= 15 is 0 Å². The zero-order chi connectivity index (χ0) is 21.5. The van der Waals surface area contributed by atoms with Crippen LogP contribution in [0.4, 0.5) is 5.00 Å². The van der Waals surface area contributed by atoms with E-state index in [4.69, 9.17) is 14.2 Å². The summed E-state index contributed by atoms with van der Waals surface area (Å²) in [6.07, 6.45) is 3.05. The summed E-state index contributed by atoms with van der Waals surface area (Å²) in [5.41, 5.74) is 2.69. The Bertz CT molecular complexity index is 1070. The number of esters is 1. The number of methoxy groups -OCH3 is 3. The first-order chi connectivity index (χ1) is 14.6. The van der Waals surface area contributed by atoms with Crippen molar-refractivity contribution in [1.29, 1.82) is 0 Å². The molecular weight excluding hydrogens is 402 g/mol. The number of hydrogen-bond donors (Lipinski definition) is 1. The topological polar surface area (TPSA) is 73.9 Å². The third-order valence-corrected chi connectivity index (χ3v) is 5.23. The van der Waals surface area contributed by atoms with E-state index in [0.29, 0.717) is 27.6 Å². The number of ether oxygens (including phenoxy) is 3. The van der Waals surface area contributed by atoms with Crippen LogP contribution in [0.15, 0.2) is 60.0 Å². The Hall–Kier alpha value is -3.58. The van der Waals surface area contributed by atoms with E-state index in [1.165, 1.54) is 24.5 Å². The van der Waals surface area contributed by atoms with Crippen molar-refractivity contribution in [3.63, 3.8) is 0 Å². The van der Waals surface area contributed by atoms with Crippen LogP contribution in [0.25, 0.3) is 17.2 Å². The summed E-state index contributed by atoms with van der Waals surface area (Å²) >= 11 is 1.27. The molecule has 154 valence electrons. The van der Waals surface area contributed by atoms with E-state index in [2.05, 4.69) is 5.32 Å². The van der Waals surface area contributed by atoms with Gasteiger partial charge in [-0.05, 0) is 29.3 Å². The maximum atomic E-state index is 12.5. The number of benzene rings is 2. The number of anilines is 1. The highest BCUT2D eigenvalue weighted by atomic mass is 32.1. The van der Waals surface area contributed by atoms with Crippen LogP contribution in [0.1, 0.15) is 15.9 Å². The molecule has 0 saturated heterocycles. The van der Waals surface area contributed by atoms with Gasteiger partial charge in [0.1, 0.15) is 10.6 Å². The molecule has 30 heavy (non-hydrogen) atoms. The van der Waals surface area contributed by atoms with Crippen LogP contribution in [0, 0.1) is 0 Å². The minimum atomic E-state index is -0.505. The van der Waals surface area contributed by atoms with Gasteiger partial charge >= 0.3 is 5.97 Å². The van der Waals surface area contributed by atoms with Gasteiger partial charge in [0.25, 0.3) is 0 Å². The van der Waals surface area contributed by atoms with Crippen LogP contribution in [0.2, 0.25) is 0 Å². The highest BCUT2D eigenvalue weighted by Crippen LogP contribution is 2.36. The Kier molecular flexibility index (Phi) is 6.87. The van der Waals surface area contributed by atoms with Crippen molar-refractivity contribution in [2.75, 3.05) is 26.6 Å². The molecule has 3 rings (SSSR count). The second-order valence-electron chi connectivity index (χ2n) is 6.15. The monoisotopic (exact) mass is 423 g/mol. The Balaban J connectivity index is 1.82. The smallest absolute Gasteiger partial charge is 0.341 e. The highest BCUT2D eigenvalue weighted by Gasteiger charge is 2.21. The predicted octanol–water partition coefficient (Wildman–Crippen LogP) is 4.87. The van der Waals surface area contributed by atoms with Gasteiger partial charge in [0.2, 0.25) is 5.91 Å². The standard InChI is InChI=1S/C23H21NO5S/c1-27-18-11-9-15(13-19(18)28-2)10-12-20(25)24-22-21(23(26)29-3)17(14-30-22)16-7-5-4-6-8-16/h4-14H,1-3H3,(H,24,25). The van der Waals surface area contributed by atoms with Gasteiger partial charge in [-0.15, -0.1) is 11.3 Å². The minimum Gasteiger partial charge on any atom is -0.493 e. The summed E-state index contributed by atoms with van der Waals surface area (Å²) in [7, 11) is 4.43. The summed E-state index contributed by atoms with van der Waals surface area (Å²) in [5, 5.41) is 5.03. The SMILES string of the molecule is COC(=O)c1c(-c2ccccc2)csc1NC(=O)C=Cc1ccc(OC)c(OC)c1. The highest BCUT2D eigenvalue weighted by molar-refractivity contribution is 7.15. The fourth-order valence-corrected chi connectivity index (χ4v) is 3.83. The molecule has 1 heterocycles. The Morgan fingerprint density at radius 2 is 1.70 bits per heavy atom. The lowest BCUT2D eigenvalue weighted by atomic mass is 10.0. The van der Waals surface area contributed by atoms with E-state index in [1.807, 2.05) is 41.8 Å². The molecule has 1 aromatic heterocycles. The molecule has 0 saturated carbocycles. The molecule has 0 aliphatic carbocycles. The van der Waals surface area contributed by atoms with Crippen LogP contribution in [0.3, 0.4) is 0 Å². The van der Waals surface area contributed by atoms with Gasteiger partial charge in [0, 0.05) is 17.0 Å². The molecule has 0 aliphatic heterocycles. The van der Waals surface area contributed by atoms with Crippen molar-refractivity contribution >= 4 is 34.3 Å². The van der Waals surface area contributed by atoms with Crippen molar-refractivity contribution in [3.05, 3.63) is 71.1 Å². The third kappa shape index (κ3) is 4.69. The molecule has 1 N–H and O–H groups in total. The lowest BCUT2D eigenvalue weighted by Crippen LogP contribution is -2.11. The number of rotatable bonds is 7. The fraction of sp³-hybridized carbons (Fsp3) is 0.130.